The molecule has 0 saturated carbocycles. The average Bonchev–Trinajstić information content (AvgIpc) is 2.65. The first-order valence-electron chi connectivity index (χ1n) is 9.60. The van der Waals surface area contributed by atoms with Crippen molar-refractivity contribution in [3.8, 4) is 17.0 Å². The number of aromatic nitrogens is 1. The summed E-state index contributed by atoms with van der Waals surface area (Å²) in [5, 5.41) is 9.51. The van der Waals surface area contributed by atoms with E-state index in [9.17, 15) is 4.79 Å². The predicted octanol–water partition coefficient (Wildman–Crippen LogP) is 5.92. The Balaban J connectivity index is 0.000000489. The molecule has 3 rings (SSSR count). The summed E-state index contributed by atoms with van der Waals surface area (Å²) in [6.07, 6.45) is 2.12. The van der Waals surface area contributed by atoms with E-state index in [4.69, 9.17) is 14.8 Å². The van der Waals surface area contributed by atoms with E-state index >= 15 is 0 Å². The Kier molecular flexibility index (Phi) is 9.91. The van der Waals surface area contributed by atoms with Gasteiger partial charge in [-0.1, -0.05) is 32.4 Å². The Morgan fingerprint density at radius 1 is 1.17 bits per heavy atom. The van der Waals surface area contributed by atoms with Gasteiger partial charge in [0, 0.05) is 32.2 Å². The zero-order chi connectivity index (χ0) is 21.6. The first-order chi connectivity index (χ1) is 13.7. The van der Waals surface area contributed by atoms with Gasteiger partial charge in [-0.25, -0.2) is 0 Å². The zero-order valence-electron chi connectivity index (χ0n) is 18.3. The topological polar surface area (TPSA) is 59.4 Å². The molecule has 30 heavy (non-hydrogen) atoms. The van der Waals surface area contributed by atoms with Crippen LogP contribution in [0, 0.1) is 19.9 Å². The van der Waals surface area contributed by atoms with Crippen LogP contribution < -0.4 is 4.74 Å². The Hall–Kier alpha value is -2.49. The van der Waals surface area contributed by atoms with Gasteiger partial charge >= 0.3 is 0 Å². The SMILES string of the molecule is CC(=O)/C=C(/C)O.CCc1cc2ccc(OC)cc2nc1-c1[c-]c(C)cc(C)c1.[Ir]. The van der Waals surface area contributed by atoms with Gasteiger partial charge in [-0.2, -0.15) is 0 Å². The summed E-state index contributed by atoms with van der Waals surface area (Å²) in [5.41, 5.74) is 6.68. The zero-order valence-corrected chi connectivity index (χ0v) is 20.7. The number of aliphatic hydroxyl groups is 1. The number of nitrogens with zero attached hydrogens (tertiary/aromatic N) is 1. The van der Waals surface area contributed by atoms with Crippen LogP contribution in [0.15, 0.2) is 48.2 Å². The van der Waals surface area contributed by atoms with E-state index in [-0.39, 0.29) is 31.6 Å². The third-order valence-electron chi connectivity index (χ3n) is 4.30. The Morgan fingerprint density at radius 3 is 2.37 bits per heavy atom. The summed E-state index contributed by atoms with van der Waals surface area (Å²) in [6.45, 7) is 9.20. The van der Waals surface area contributed by atoms with Crippen LogP contribution in [-0.2, 0) is 31.3 Å². The molecule has 1 heterocycles. The fourth-order valence-corrected chi connectivity index (χ4v) is 3.14. The number of ether oxygens (including phenoxy) is 1. The number of methoxy groups -OCH3 is 1. The number of hydrogen-bond acceptors (Lipinski definition) is 4. The molecule has 1 aromatic heterocycles. The molecule has 1 radical (unpaired) electrons. The molecule has 0 spiro atoms. The molecule has 0 aliphatic heterocycles. The summed E-state index contributed by atoms with van der Waals surface area (Å²) in [4.78, 5) is 14.9. The maximum absolute atomic E-state index is 10.0. The Bertz CT molecular complexity index is 1030. The summed E-state index contributed by atoms with van der Waals surface area (Å²) in [6, 6.07) is 16.0. The van der Waals surface area contributed by atoms with Crippen molar-refractivity contribution in [2.45, 2.75) is 41.0 Å². The molecule has 0 atom stereocenters. The summed E-state index contributed by atoms with van der Waals surface area (Å²) < 4.78 is 5.31. The van der Waals surface area contributed by atoms with Crippen LogP contribution in [0.5, 0.6) is 5.75 Å². The second-order valence-corrected chi connectivity index (χ2v) is 7.06. The van der Waals surface area contributed by atoms with Crippen LogP contribution in [0.25, 0.3) is 22.2 Å². The van der Waals surface area contributed by atoms with Crippen molar-refractivity contribution >= 4 is 16.7 Å². The van der Waals surface area contributed by atoms with Gasteiger partial charge in [0.15, 0.2) is 5.78 Å². The third-order valence-corrected chi connectivity index (χ3v) is 4.30. The van der Waals surface area contributed by atoms with E-state index in [1.165, 1.54) is 31.1 Å². The van der Waals surface area contributed by atoms with Crippen LogP contribution in [-0.4, -0.2) is 23.0 Å². The number of rotatable bonds is 4. The minimum Gasteiger partial charge on any atom is -0.512 e. The second kappa shape index (κ2) is 11.6. The maximum Gasteiger partial charge on any atom is 0.155 e. The summed E-state index contributed by atoms with van der Waals surface area (Å²) >= 11 is 0. The molecular formula is C25H28IrNO3-. The van der Waals surface area contributed by atoms with Crippen molar-refractivity contribution in [3.05, 3.63) is 71.0 Å². The van der Waals surface area contributed by atoms with Crippen molar-refractivity contribution in [1.82, 2.24) is 4.98 Å². The van der Waals surface area contributed by atoms with Gasteiger partial charge in [0.2, 0.25) is 0 Å². The van der Waals surface area contributed by atoms with E-state index in [0.29, 0.717) is 0 Å². The molecule has 0 unspecified atom stereocenters. The molecule has 0 bridgehead atoms. The Morgan fingerprint density at radius 2 is 1.87 bits per heavy atom. The van der Waals surface area contributed by atoms with Gasteiger partial charge in [0.05, 0.1) is 18.4 Å². The summed E-state index contributed by atoms with van der Waals surface area (Å²) in [5.74, 6) is 0.770. The van der Waals surface area contributed by atoms with E-state index in [1.807, 2.05) is 12.1 Å². The quantitative estimate of drug-likeness (QED) is 0.236. The molecule has 0 fully saturated rings. The van der Waals surface area contributed by atoms with Gasteiger partial charge in [0.1, 0.15) is 5.75 Å². The standard InChI is InChI=1S/C20H20NO.C5H8O2.Ir/c1-5-15-11-16-6-7-18(22-4)12-19(16)21-20(15)17-9-13(2)8-14(3)10-17;1-4(6)3-5(2)7;/h6-9,11-12H,5H2,1-4H3;3,6H,1-2H3;/q-1;;/b;4-3-;. The molecule has 0 amide bonds. The third kappa shape index (κ3) is 7.08. The minimum absolute atomic E-state index is 0. The van der Waals surface area contributed by atoms with Gasteiger partial charge in [-0.3, -0.25) is 9.78 Å². The smallest absolute Gasteiger partial charge is 0.155 e. The molecule has 5 heteroatoms. The number of aliphatic hydroxyl groups excluding tert-OH is 1. The maximum atomic E-state index is 10.0. The van der Waals surface area contributed by atoms with Crippen LogP contribution in [0.4, 0.5) is 0 Å². The second-order valence-electron chi connectivity index (χ2n) is 7.06. The van der Waals surface area contributed by atoms with E-state index in [2.05, 4.69) is 51.1 Å². The van der Waals surface area contributed by atoms with Crippen molar-refractivity contribution in [3.63, 3.8) is 0 Å². The first kappa shape index (κ1) is 25.5. The summed E-state index contributed by atoms with van der Waals surface area (Å²) in [7, 11) is 1.68. The van der Waals surface area contributed by atoms with Gasteiger partial charge in [0.25, 0.3) is 0 Å². The average molecular weight is 583 g/mol. The molecule has 161 valence electrons. The van der Waals surface area contributed by atoms with Crippen molar-refractivity contribution < 1.29 is 34.7 Å². The molecule has 0 saturated heterocycles. The fraction of sp³-hybridized carbons (Fsp3) is 0.280. The molecule has 4 nitrogen and oxygen atoms in total. The number of carbonyl (C=O) groups excluding carboxylic acids is 1. The molecule has 0 aliphatic rings. The molecule has 0 aliphatic carbocycles. The first-order valence-corrected chi connectivity index (χ1v) is 9.60. The predicted molar refractivity (Wildman–Crippen MR) is 118 cm³/mol. The van der Waals surface area contributed by atoms with Crippen molar-refractivity contribution in [2.24, 2.45) is 0 Å². The molecule has 1 N–H and O–H groups in total. The van der Waals surface area contributed by atoms with Crippen LogP contribution in [0.1, 0.15) is 37.5 Å². The number of allylic oxidation sites excluding steroid dienone is 2. The van der Waals surface area contributed by atoms with E-state index < -0.39 is 0 Å². The van der Waals surface area contributed by atoms with Crippen molar-refractivity contribution in [1.29, 1.82) is 0 Å². The van der Waals surface area contributed by atoms with Crippen LogP contribution in [0.3, 0.4) is 0 Å². The number of pyridine rings is 1. The molecular weight excluding hydrogens is 554 g/mol. The monoisotopic (exact) mass is 583 g/mol. The number of ketones is 1. The minimum atomic E-state index is -0.125. The number of aryl methyl sites for hydroxylation is 3. The fourth-order valence-electron chi connectivity index (χ4n) is 3.14. The van der Waals surface area contributed by atoms with Crippen molar-refractivity contribution in [2.75, 3.05) is 7.11 Å². The largest absolute Gasteiger partial charge is 0.512 e. The molecule has 3 aromatic rings. The van der Waals surface area contributed by atoms with Crippen LogP contribution >= 0.6 is 0 Å². The normalized spacial score (nSPS) is 10.7. The number of fused-ring (bicyclic) bond motifs is 1. The van der Waals surface area contributed by atoms with Crippen LogP contribution in [0.2, 0.25) is 0 Å². The van der Waals surface area contributed by atoms with Gasteiger partial charge in [-0.15, -0.1) is 34.9 Å². The van der Waals surface area contributed by atoms with E-state index in [1.54, 1.807) is 7.11 Å². The van der Waals surface area contributed by atoms with E-state index in [0.717, 1.165) is 39.9 Å². The number of hydrogen-bond donors (Lipinski definition) is 1. The Labute approximate surface area is 192 Å². The molecule has 2 aromatic carbocycles. The number of carbonyl (C=O) groups is 1. The van der Waals surface area contributed by atoms with Gasteiger partial charge in [-0.05, 0) is 43.5 Å². The number of benzene rings is 2. The van der Waals surface area contributed by atoms with Gasteiger partial charge < -0.3 is 9.84 Å².